The van der Waals surface area contributed by atoms with Crippen LogP contribution in [0.15, 0.2) is 23.5 Å². The number of halogens is 1. The van der Waals surface area contributed by atoms with Gasteiger partial charge in [-0.25, -0.2) is 9.97 Å². The lowest BCUT2D eigenvalue weighted by molar-refractivity contribution is 0.109. The summed E-state index contributed by atoms with van der Waals surface area (Å²) in [4.78, 5) is 18.1. The molecule has 2 N–H and O–H groups in total. The summed E-state index contributed by atoms with van der Waals surface area (Å²) in [6, 6.07) is 1.86. The van der Waals surface area contributed by atoms with Gasteiger partial charge in [-0.05, 0) is 38.3 Å². The van der Waals surface area contributed by atoms with Gasteiger partial charge in [0.15, 0.2) is 5.96 Å². The van der Waals surface area contributed by atoms with E-state index in [4.69, 9.17) is 4.74 Å². The highest BCUT2D eigenvalue weighted by Gasteiger charge is 2.18. The summed E-state index contributed by atoms with van der Waals surface area (Å²) in [5.41, 5.74) is 0. The first-order chi connectivity index (χ1) is 14.2. The van der Waals surface area contributed by atoms with E-state index < -0.39 is 0 Å². The molecule has 1 aromatic heterocycles. The van der Waals surface area contributed by atoms with Crippen molar-refractivity contribution in [2.24, 2.45) is 10.9 Å². The maximum Gasteiger partial charge on any atom is 0.225 e. The fourth-order valence-corrected chi connectivity index (χ4v) is 3.15. The first-order valence-corrected chi connectivity index (χ1v) is 11.0. The number of rotatable bonds is 12. The van der Waals surface area contributed by atoms with Gasteiger partial charge in [0.05, 0.1) is 0 Å². The van der Waals surface area contributed by atoms with E-state index in [-0.39, 0.29) is 24.0 Å². The van der Waals surface area contributed by atoms with E-state index in [1.165, 1.54) is 0 Å². The molecular formula is C21H40IN7O. The average Bonchev–Trinajstić information content (AvgIpc) is 2.74. The zero-order chi connectivity index (χ0) is 20.7. The van der Waals surface area contributed by atoms with E-state index in [0.717, 1.165) is 90.3 Å². The fourth-order valence-electron chi connectivity index (χ4n) is 3.15. The summed E-state index contributed by atoms with van der Waals surface area (Å²) >= 11 is 0. The molecule has 2 rings (SSSR count). The molecule has 9 heteroatoms. The van der Waals surface area contributed by atoms with Gasteiger partial charge >= 0.3 is 0 Å². The number of aliphatic imine (C=N–C) groups is 1. The van der Waals surface area contributed by atoms with Crippen molar-refractivity contribution in [1.29, 1.82) is 0 Å². The molecule has 0 spiro atoms. The van der Waals surface area contributed by atoms with Crippen molar-refractivity contribution >= 4 is 35.9 Å². The van der Waals surface area contributed by atoms with Gasteiger partial charge in [0.1, 0.15) is 0 Å². The van der Waals surface area contributed by atoms with Gasteiger partial charge < -0.3 is 20.3 Å². The molecule has 1 aromatic rings. The third-order valence-electron chi connectivity index (χ3n) is 4.66. The molecule has 1 saturated heterocycles. The van der Waals surface area contributed by atoms with Crippen LogP contribution in [0.25, 0.3) is 0 Å². The SMILES string of the molecule is CCNC(=NCCCOCC(C)C)NCCCN1CCN(c2ncccn2)CC1.I. The zero-order valence-corrected chi connectivity index (χ0v) is 21.2. The van der Waals surface area contributed by atoms with Crippen molar-refractivity contribution < 1.29 is 4.74 Å². The molecular weight excluding hydrogens is 493 g/mol. The summed E-state index contributed by atoms with van der Waals surface area (Å²) in [7, 11) is 0. The molecule has 8 nitrogen and oxygen atoms in total. The van der Waals surface area contributed by atoms with Gasteiger partial charge in [-0.15, -0.1) is 24.0 Å². The highest BCUT2D eigenvalue weighted by atomic mass is 127. The molecule has 0 amide bonds. The smallest absolute Gasteiger partial charge is 0.225 e. The Hall–Kier alpha value is -1.20. The summed E-state index contributed by atoms with van der Waals surface area (Å²) in [6.45, 7) is 15.8. The Balaban J connectivity index is 0.00000450. The fraction of sp³-hybridized carbons (Fsp3) is 0.762. The predicted molar refractivity (Wildman–Crippen MR) is 135 cm³/mol. The minimum atomic E-state index is 0. The van der Waals surface area contributed by atoms with Crippen molar-refractivity contribution in [2.75, 3.05) is 70.5 Å². The van der Waals surface area contributed by atoms with Crippen LogP contribution in [-0.4, -0.2) is 86.4 Å². The van der Waals surface area contributed by atoms with Crippen LogP contribution < -0.4 is 15.5 Å². The molecule has 30 heavy (non-hydrogen) atoms. The van der Waals surface area contributed by atoms with E-state index in [9.17, 15) is 0 Å². The van der Waals surface area contributed by atoms with E-state index in [0.29, 0.717) is 5.92 Å². The highest BCUT2D eigenvalue weighted by molar-refractivity contribution is 14.0. The Bertz CT molecular complexity index is 566. The van der Waals surface area contributed by atoms with Gasteiger partial charge in [0, 0.05) is 71.4 Å². The quantitative estimate of drug-likeness (QED) is 0.185. The zero-order valence-electron chi connectivity index (χ0n) is 18.8. The molecule has 0 aliphatic carbocycles. The molecule has 0 bridgehead atoms. The molecule has 1 fully saturated rings. The van der Waals surface area contributed by atoms with Gasteiger partial charge in [0.25, 0.3) is 0 Å². The summed E-state index contributed by atoms with van der Waals surface area (Å²) in [5.74, 6) is 2.34. The van der Waals surface area contributed by atoms with E-state index in [1.54, 1.807) is 0 Å². The molecule has 0 unspecified atom stereocenters. The number of hydrogen-bond donors (Lipinski definition) is 2. The minimum absolute atomic E-state index is 0. The minimum Gasteiger partial charge on any atom is -0.381 e. The molecule has 172 valence electrons. The molecule has 0 atom stereocenters. The second-order valence-corrected chi connectivity index (χ2v) is 7.74. The molecule has 0 saturated carbocycles. The van der Waals surface area contributed by atoms with Crippen LogP contribution in [0.2, 0.25) is 0 Å². The lowest BCUT2D eigenvalue weighted by Gasteiger charge is -2.34. The standard InChI is InChI=1S/C21H39N7O.HI/c1-4-22-20(24-11-7-17-29-18-19(2)3)23-10-6-12-27-13-15-28(16-14-27)21-25-8-5-9-26-21;/h5,8-9,19H,4,6-7,10-18H2,1-3H3,(H2,22,23,24);1H. The number of aromatic nitrogens is 2. The van der Waals surface area contributed by atoms with Gasteiger partial charge in [-0.1, -0.05) is 13.8 Å². The highest BCUT2D eigenvalue weighted by Crippen LogP contribution is 2.09. The third-order valence-corrected chi connectivity index (χ3v) is 4.66. The number of hydrogen-bond acceptors (Lipinski definition) is 6. The van der Waals surface area contributed by atoms with Crippen LogP contribution in [0, 0.1) is 5.92 Å². The number of piperazine rings is 1. The maximum atomic E-state index is 5.61. The number of guanidine groups is 1. The lowest BCUT2D eigenvalue weighted by Crippen LogP contribution is -2.47. The van der Waals surface area contributed by atoms with E-state index >= 15 is 0 Å². The van der Waals surface area contributed by atoms with Crippen LogP contribution in [0.1, 0.15) is 33.6 Å². The van der Waals surface area contributed by atoms with Crippen molar-refractivity contribution in [2.45, 2.75) is 33.6 Å². The Morgan fingerprint density at radius 2 is 1.87 bits per heavy atom. The molecule has 1 aliphatic heterocycles. The third kappa shape index (κ3) is 11.3. The Morgan fingerprint density at radius 3 is 2.53 bits per heavy atom. The summed E-state index contributed by atoms with van der Waals surface area (Å²) in [5, 5.41) is 6.76. The maximum absolute atomic E-state index is 5.61. The lowest BCUT2D eigenvalue weighted by atomic mass is 10.2. The van der Waals surface area contributed by atoms with E-state index in [1.807, 2.05) is 18.5 Å². The largest absolute Gasteiger partial charge is 0.381 e. The summed E-state index contributed by atoms with van der Waals surface area (Å²) in [6.07, 6.45) is 5.67. The van der Waals surface area contributed by atoms with Gasteiger partial charge in [0.2, 0.25) is 5.95 Å². The first kappa shape index (κ1) is 26.8. The number of nitrogens with zero attached hydrogens (tertiary/aromatic N) is 5. The molecule has 1 aliphatic rings. The molecule has 0 radical (unpaired) electrons. The second-order valence-electron chi connectivity index (χ2n) is 7.74. The normalized spacial score (nSPS) is 15.2. The van der Waals surface area contributed by atoms with E-state index in [2.05, 4.69) is 56.2 Å². The Kier molecular flexibility index (Phi) is 14.7. The topological polar surface area (TPSA) is 77.9 Å². The van der Waals surface area contributed by atoms with Crippen LogP contribution in [-0.2, 0) is 4.74 Å². The van der Waals surface area contributed by atoms with Crippen LogP contribution in [0.5, 0.6) is 0 Å². The Labute approximate surface area is 199 Å². The molecule has 2 heterocycles. The monoisotopic (exact) mass is 533 g/mol. The van der Waals surface area contributed by atoms with Gasteiger partial charge in [-0.3, -0.25) is 9.89 Å². The van der Waals surface area contributed by atoms with Crippen molar-refractivity contribution in [3.05, 3.63) is 18.5 Å². The number of ether oxygens (including phenoxy) is 1. The van der Waals surface area contributed by atoms with Crippen molar-refractivity contribution in [3.8, 4) is 0 Å². The van der Waals surface area contributed by atoms with Crippen LogP contribution in [0.3, 0.4) is 0 Å². The predicted octanol–water partition coefficient (Wildman–Crippen LogP) is 2.22. The number of anilines is 1. The Morgan fingerprint density at radius 1 is 1.13 bits per heavy atom. The van der Waals surface area contributed by atoms with Crippen LogP contribution >= 0.6 is 24.0 Å². The average molecular weight is 534 g/mol. The van der Waals surface area contributed by atoms with Crippen molar-refractivity contribution in [1.82, 2.24) is 25.5 Å². The van der Waals surface area contributed by atoms with Gasteiger partial charge in [-0.2, -0.15) is 0 Å². The van der Waals surface area contributed by atoms with Crippen LogP contribution in [0.4, 0.5) is 5.95 Å². The van der Waals surface area contributed by atoms with Crippen molar-refractivity contribution in [3.63, 3.8) is 0 Å². The number of nitrogens with one attached hydrogen (secondary N) is 2. The second kappa shape index (κ2) is 16.5. The summed E-state index contributed by atoms with van der Waals surface area (Å²) < 4.78 is 5.61. The first-order valence-electron chi connectivity index (χ1n) is 11.0. The molecule has 0 aromatic carbocycles.